The highest BCUT2D eigenvalue weighted by Gasteiger charge is 2.15. The minimum absolute atomic E-state index is 0.0889. The van der Waals surface area contributed by atoms with Crippen LogP contribution in [0.15, 0.2) is 29.1 Å². The number of rotatable bonds is 5. The molecule has 0 atom stereocenters. The Hall–Kier alpha value is -2.10. The largest absolute Gasteiger partial charge is 0.493 e. The minimum Gasteiger partial charge on any atom is -0.493 e. The van der Waals surface area contributed by atoms with Gasteiger partial charge in [-0.15, -0.1) is 0 Å². The SMILES string of the molecule is CCCOc1ccccc1-c1nc(C(C)C)[nH]c(=O)c1C. The van der Waals surface area contributed by atoms with Crippen LogP contribution in [-0.2, 0) is 0 Å². The predicted octanol–water partition coefficient (Wildman–Crippen LogP) is 3.66. The van der Waals surface area contributed by atoms with Gasteiger partial charge in [0.25, 0.3) is 5.56 Å². The van der Waals surface area contributed by atoms with Gasteiger partial charge in [0, 0.05) is 17.0 Å². The van der Waals surface area contributed by atoms with Crippen LogP contribution < -0.4 is 10.3 Å². The normalized spacial score (nSPS) is 10.9. The molecule has 1 heterocycles. The number of aromatic nitrogens is 2. The van der Waals surface area contributed by atoms with E-state index in [2.05, 4.69) is 16.9 Å². The summed E-state index contributed by atoms with van der Waals surface area (Å²) >= 11 is 0. The van der Waals surface area contributed by atoms with Gasteiger partial charge < -0.3 is 9.72 Å². The summed E-state index contributed by atoms with van der Waals surface area (Å²) in [5.74, 6) is 1.64. The van der Waals surface area contributed by atoms with Crippen LogP contribution in [0.3, 0.4) is 0 Å². The topological polar surface area (TPSA) is 55.0 Å². The van der Waals surface area contributed by atoms with Crippen LogP contribution in [0.1, 0.15) is 44.5 Å². The van der Waals surface area contributed by atoms with E-state index in [9.17, 15) is 4.79 Å². The first-order valence-electron chi connectivity index (χ1n) is 7.37. The van der Waals surface area contributed by atoms with E-state index in [-0.39, 0.29) is 11.5 Å². The van der Waals surface area contributed by atoms with E-state index in [1.165, 1.54) is 0 Å². The third-order valence-corrected chi connectivity index (χ3v) is 3.32. The van der Waals surface area contributed by atoms with Crippen molar-refractivity contribution in [2.75, 3.05) is 6.61 Å². The van der Waals surface area contributed by atoms with E-state index in [4.69, 9.17) is 4.74 Å². The zero-order chi connectivity index (χ0) is 15.4. The first-order valence-corrected chi connectivity index (χ1v) is 7.37. The maximum absolute atomic E-state index is 12.1. The first kappa shape index (κ1) is 15.3. The van der Waals surface area contributed by atoms with Gasteiger partial charge in [-0.2, -0.15) is 0 Å². The van der Waals surface area contributed by atoms with Gasteiger partial charge in [0.15, 0.2) is 0 Å². The number of ether oxygens (including phenoxy) is 1. The minimum atomic E-state index is -0.0889. The van der Waals surface area contributed by atoms with Crippen LogP contribution in [0.4, 0.5) is 0 Å². The van der Waals surface area contributed by atoms with Crippen molar-refractivity contribution < 1.29 is 4.74 Å². The number of aromatic amines is 1. The first-order chi connectivity index (χ1) is 10.0. The molecule has 4 nitrogen and oxygen atoms in total. The maximum Gasteiger partial charge on any atom is 0.254 e. The van der Waals surface area contributed by atoms with Gasteiger partial charge in [-0.25, -0.2) is 4.98 Å². The molecule has 0 aliphatic heterocycles. The Kier molecular flexibility index (Phi) is 4.78. The lowest BCUT2D eigenvalue weighted by Gasteiger charge is -2.14. The summed E-state index contributed by atoms with van der Waals surface area (Å²) in [6.45, 7) is 8.53. The standard InChI is InChI=1S/C17H22N2O2/c1-5-10-21-14-9-7-6-8-13(14)15-12(4)17(20)19-16(18-15)11(2)3/h6-9,11H,5,10H2,1-4H3,(H,18,19,20). The second-order valence-corrected chi connectivity index (χ2v) is 5.42. The molecule has 2 rings (SSSR count). The molecule has 0 spiro atoms. The molecule has 1 aromatic carbocycles. The Bertz CT molecular complexity index is 675. The molecule has 0 fully saturated rings. The highest BCUT2D eigenvalue weighted by atomic mass is 16.5. The van der Waals surface area contributed by atoms with Crippen molar-refractivity contribution in [3.63, 3.8) is 0 Å². The lowest BCUT2D eigenvalue weighted by molar-refractivity contribution is 0.318. The van der Waals surface area contributed by atoms with Gasteiger partial charge in [-0.1, -0.05) is 32.9 Å². The van der Waals surface area contributed by atoms with Gasteiger partial charge in [0.1, 0.15) is 11.6 Å². The van der Waals surface area contributed by atoms with E-state index in [1.54, 1.807) is 6.92 Å². The highest BCUT2D eigenvalue weighted by molar-refractivity contribution is 5.69. The van der Waals surface area contributed by atoms with Crippen molar-refractivity contribution in [2.24, 2.45) is 0 Å². The molecule has 1 aromatic heterocycles. The smallest absolute Gasteiger partial charge is 0.254 e. The Labute approximate surface area is 125 Å². The quantitative estimate of drug-likeness (QED) is 0.912. The van der Waals surface area contributed by atoms with E-state index >= 15 is 0 Å². The molecule has 0 amide bonds. The van der Waals surface area contributed by atoms with Crippen LogP contribution >= 0.6 is 0 Å². The lowest BCUT2D eigenvalue weighted by Crippen LogP contribution is -2.17. The van der Waals surface area contributed by atoms with Crippen LogP contribution in [0.2, 0.25) is 0 Å². The molecule has 0 saturated heterocycles. The molecule has 0 aliphatic carbocycles. The summed E-state index contributed by atoms with van der Waals surface area (Å²) in [6.07, 6.45) is 0.938. The summed E-state index contributed by atoms with van der Waals surface area (Å²) in [7, 11) is 0. The zero-order valence-electron chi connectivity index (χ0n) is 13.1. The summed E-state index contributed by atoms with van der Waals surface area (Å²) < 4.78 is 5.78. The van der Waals surface area contributed by atoms with Crippen LogP contribution in [0.25, 0.3) is 11.3 Å². The summed E-state index contributed by atoms with van der Waals surface area (Å²) in [5.41, 5.74) is 2.10. The summed E-state index contributed by atoms with van der Waals surface area (Å²) in [4.78, 5) is 19.6. The average Bonchev–Trinajstić information content (AvgIpc) is 2.48. The number of H-pyrrole nitrogens is 1. The highest BCUT2D eigenvalue weighted by Crippen LogP contribution is 2.30. The van der Waals surface area contributed by atoms with Crippen molar-refractivity contribution in [3.05, 3.63) is 46.0 Å². The van der Waals surface area contributed by atoms with E-state index in [1.807, 2.05) is 38.1 Å². The van der Waals surface area contributed by atoms with Crippen LogP contribution in [-0.4, -0.2) is 16.6 Å². The van der Waals surface area contributed by atoms with Crippen molar-refractivity contribution in [3.8, 4) is 17.0 Å². The van der Waals surface area contributed by atoms with E-state index < -0.39 is 0 Å². The second kappa shape index (κ2) is 6.57. The van der Waals surface area contributed by atoms with Gasteiger partial charge in [0.2, 0.25) is 0 Å². The molecule has 0 unspecified atom stereocenters. The number of nitrogens with zero attached hydrogens (tertiary/aromatic N) is 1. The fraction of sp³-hybridized carbons (Fsp3) is 0.412. The summed E-state index contributed by atoms with van der Waals surface area (Å²) in [5, 5.41) is 0. The van der Waals surface area contributed by atoms with Gasteiger partial charge >= 0.3 is 0 Å². The summed E-state index contributed by atoms with van der Waals surface area (Å²) in [6, 6.07) is 7.73. The number of hydrogen-bond donors (Lipinski definition) is 1. The molecule has 0 bridgehead atoms. The average molecular weight is 286 g/mol. The van der Waals surface area contributed by atoms with Crippen molar-refractivity contribution in [1.29, 1.82) is 0 Å². The van der Waals surface area contributed by atoms with E-state index in [0.717, 1.165) is 17.7 Å². The molecule has 0 radical (unpaired) electrons. The fourth-order valence-electron chi connectivity index (χ4n) is 2.09. The molecule has 4 heteroatoms. The third kappa shape index (κ3) is 3.32. The predicted molar refractivity (Wildman–Crippen MR) is 84.9 cm³/mol. The van der Waals surface area contributed by atoms with E-state index in [0.29, 0.717) is 23.7 Å². The van der Waals surface area contributed by atoms with Crippen LogP contribution in [0.5, 0.6) is 5.75 Å². The van der Waals surface area contributed by atoms with Crippen molar-refractivity contribution in [1.82, 2.24) is 9.97 Å². The van der Waals surface area contributed by atoms with Gasteiger partial charge in [-0.3, -0.25) is 4.79 Å². The monoisotopic (exact) mass is 286 g/mol. The van der Waals surface area contributed by atoms with Crippen molar-refractivity contribution >= 4 is 0 Å². The maximum atomic E-state index is 12.1. The number of benzene rings is 1. The Balaban J connectivity index is 2.58. The van der Waals surface area contributed by atoms with Gasteiger partial charge in [-0.05, 0) is 25.5 Å². The van der Waals surface area contributed by atoms with Crippen molar-refractivity contribution in [2.45, 2.75) is 40.0 Å². The Morgan fingerprint density at radius 1 is 1.29 bits per heavy atom. The lowest BCUT2D eigenvalue weighted by atomic mass is 10.1. The Morgan fingerprint density at radius 2 is 2.00 bits per heavy atom. The number of nitrogens with one attached hydrogen (secondary N) is 1. The molecular formula is C17H22N2O2. The molecule has 0 saturated carbocycles. The number of hydrogen-bond acceptors (Lipinski definition) is 3. The zero-order valence-corrected chi connectivity index (χ0v) is 13.1. The molecular weight excluding hydrogens is 264 g/mol. The molecule has 2 aromatic rings. The van der Waals surface area contributed by atoms with Gasteiger partial charge in [0.05, 0.1) is 12.3 Å². The molecule has 112 valence electrons. The number of para-hydroxylation sites is 1. The molecule has 0 aliphatic rings. The Morgan fingerprint density at radius 3 is 2.67 bits per heavy atom. The second-order valence-electron chi connectivity index (χ2n) is 5.42. The fourth-order valence-corrected chi connectivity index (χ4v) is 2.09. The van der Waals surface area contributed by atoms with Crippen LogP contribution in [0, 0.1) is 6.92 Å². The molecule has 21 heavy (non-hydrogen) atoms. The molecule has 1 N–H and O–H groups in total. The third-order valence-electron chi connectivity index (χ3n) is 3.32.